The van der Waals surface area contributed by atoms with Gasteiger partial charge in [-0.3, -0.25) is 14.4 Å². The number of amides is 2. The van der Waals surface area contributed by atoms with Crippen molar-refractivity contribution in [1.82, 2.24) is 4.90 Å². The molecule has 1 fully saturated rings. The minimum absolute atomic E-state index is 0.0771. The fraction of sp³-hybridized carbons (Fsp3) is 0.375. The van der Waals surface area contributed by atoms with Gasteiger partial charge in [0.25, 0.3) is 5.91 Å². The standard InChI is InChI=1S/C24H28N2O4/c1-16(2)20-11-7-8-17(3)23(20)25-21(27)15-30-24(29)19-12-22(28)26(14-19)13-18-9-5-4-6-10-18/h4-11,16,19H,12-15H2,1-3H3,(H,25,27)/t19-/m1/s1. The summed E-state index contributed by atoms with van der Waals surface area (Å²) in [5.74, 6) is -1.26. The summed E-state index contributed by atoms with van der Waals surface area (Å²) in [6, 6.07) is 15.5. The topological polar surface area (TPSA) is 75.7 Å². The van der Waals surface area contributed by atoms with Crippen molar-refractivity contribution in [1.29, 1.82) is 0 Å². The van der Waals surface area contributed by atoms with Crippen molar-refractivity contribution in [3.05, 3.63) is 65.2 Å². The second kappa shape index (κ2) is 9.57. The monoisotopic (exact) mass is 408 g/mol. The fourth-order valence-electron chi connectivity index (χ4n) is 3.66. The Morgan fingerprint density at radius 2 is 1.87 bits per heavy atom. The summed E-state index contributed by atoms with van der Waals surface area (Å²) in [6.45, 7) is 6.46. The van der Waals surface area contributed by atoms with E-state index in [0.717, 1.165) is 22.4 Å². The van der Waals surface area contributed by atoms with Crippen LogP contribution in [0.4, 0.5) is 5.69 Å². The van der Waals surface area contributed by atoms with E-state index in [1.54, 1.807) is 4.90 Å². The molecular formula is C24H28N2O4. The van der Waals surface area contributed by atoms with Crippen LogP contribution in [0.1, 0.15) is 42.9 Å². The van der Waals surface area contributed by atoms with E-state index in [-0.39, 0.29) is 30.8 Å². The predicted octanol–water partition coefficient (Wildman–Crippen LogP) is 3.65. The molecule has 6 heteroatoms. The van der Waals surface area contributed by atoms with Crippen molar-refractivity contribution in [3.63, 3.8) is 0 Å². The van der Waals surface area contributed by atoms with Gasteiger partial charge in [-0.1, -0.05) is 62.4 Å². The fourth-order valence-corrected chi connectivity index (χ4v) is 3.66. The minimum Gasteiger partial charge on any atom is -0.455 e. The Labute approximate surface area is 177 Å². The molecule has 0 spiro atoms. The van der Waals surface area contributed by atoms with Gasteiger partial charge in [0.1, 0.15) is 0 Å². The van der Waals surface area contributed by atoms with E-state index in [9.17, 15) is 14.4 Å². The molecule has 6 nitrogen and oxygen atoms in total. The molecule has 2 aromatic carbocycles. The molecule has 3 rings (SSSR count). The SMILES string of the molecule is Cc1cccc(C(C)C)c1NC(=O)COC(=O)[C@@H]1CC(=O)N(Cc2ccccc2)C1. The maximum Gasteiger partial charge on any atom is 0.311 e. The number of nitrogens with zero attached hydrogens (tertiary/aromatic N) is 1. The first-order valence-corrected chi connectivity index (χ1v) is 10.2. The first-order valence-electron chi connectivity index (χ1n) is 10.2. The molecule has 0 radical (unpaired) electrons. The number of nitrogens with one attached hydrogen (secondary N) is 1. The quantitative estimate of drug-likeness (QED) is 0.710. The molecule has 1 saturated heterocycles. The van der Waals surface area contributed by atoms with Crippen molar-refractivity contribution in [2.75, 3.05) is 18.5 Å². The molecule has 1 aliphatic heterocycles. The third-order valence-electron chi connectivity index (χ3n) is 5.30. The summed E-state index contributed by atoms with van der Waals surface area (Å²) in [6.07, 6.45) is 0.114. The second-order valence-corrected chi connectivity index (χ2v) is 8.01. The summed E-state index contributed by atoms with van der Waals surface area (Å²) in [5.41, 5.74) is 3.77. The molecule has 1 N–H and O–H groups in total. The number of anilines is 1. The predicted molar refractivity (Wildman–Crippen MR) is 115 cm³/mol. The van der Waals surface area contributed by atoms with E-state index in [2.05, 4.69) is 19.2 Å². The zero-order valence-corrected chi connectivity index (χ0v) is 17.7. The van der Waals surface area contributed by atoms with Crippen molar-refractivity contribution < 1.29 is 19.1 Å². The highest BCUT2D eigenvalue weighted by Crippen LogP contribution is 2.27. The van der Waals surface area contributed by atoms with Crippen molar-refractivity contribution in [2.45, 2.75) is 39.7 Å². The zero-order valence-electron chi connectivity index (χ0n) is 17.7. The van der Waals surface area contributed by atoms with Crippen LogP contribution in [0.15, 0.2) is 48.5 Å². The van der Waals surface area contributed by atoms with E-state index in [1.165, 1.54) is 0 Å². The first kappa shape index (κ1) is 21.6. The Hall–Kier alpha value is -3.15. The van der Waals surface area contributed by atoms with Crippen molar-refractivity contribution >= 4 is 23.5 Å². The number of ether oxygens (including phenoxy) is 1. The molecule has 0 unspecified atom stereocenters. The van der Waals surface area contributed by atoms with Crippen LogP contribution in [-0.4, -0.2) is 35.8 Å². The highest BCUT2D eigenvalue weighted by molar-refractivity contribution is 5.95. The number of rotatable bonds is 7. The highest BCUT2D eigenvalue weighted by atomic mass is 16.5. The molecule has 30 heavy (non-hydrogen) atoms. The second-order valence-electron chi connectivity index (χ2n) is 8.01. The molecule has 1 heterocycles. The Balaban J connectivity index is 1.52. The van der Waals surface area contributed by atoms with Crippen LogP contribution >= 0.6 is 0 Å². The molecule has 158 valence electrons. The van der Waals surface area contributed by atoms with Crippen molar-refractivity contribution in [3.8, 4) is 0 Å². The largest absolute Gasteiger partial charge is 0.455 e. The van der Waals surface area contributed by atoms with Crippen LogP contribution in [0, 0.1) is 12.8 Å². The minimum atomic E-state index is -0.543. The first-order chi connectivity index (χ1) is 14.3. The van der Waals surface area contributed by atoms with Crippen LogP contribution < -0.4 is 5.32 Å². The molecule has 1 aliphatic rings. The molecule has 1 atom stereocenters. The van der Waals surface area contributed by atoms with Gasteiger partial charge in [-0.25, -0.2) is 0 Å². The summed E-state index contributed by atoms with van der Waals surface area (Å²) < 4.78 is 5.22. The van der Waals surface area contributed by atoms with Gasteiger partial charge < -0.3 is 15.0 Å². The lowest BCUT2D eigenvalue weighted by atomic mass is 9.98. The normalized spacial score (nSPS) is 16.1. The molecular weight excluding hydrogens is 380 g/mol. The van der Waals surface area contributed by atoms with Gasteiger partial charge in [0.05, 0.1) is 5.92 Å². The number of carbonyl (C=O) groups excluding carboxylic acids is 3. The summed E-state index contributed by atoms with van der Waals surface area (Å²) in [4.78, 5) is 38.7. The highest BCUT2D eigenvalue weighted by Gasteiger charge is 2.35. The van der Waals surface area contributed by atoms with E-state index in [4.69, 9.17) is 4.74 Å². The summed E-state index contributed by atoms with van der Waals surface area (Å²) in [7, 11) is 0. The lowest BCUT2D eigenvalue weighted by Crippen LogP contribution is -2.28. The van der Waals surface area contributed by atoms with Gasteiger partial charge in [-0.2, -0.15) is 0 Å². The van der Waals surface area contributed by atoms with Crippen LogP contribution in [0.25, 0.3) is 0 Å². The van der Waals surface area contributed by atoms with Gasteiger partial charge >= 0.3 is 5.97 Å². The smallest absolute Gasteiger partial charge is 0.311 e. The number of carbonyl (C=O) groups is 3. The van der Waals surface area contributed by atoms with E-state index in [0.29, 0.717) is 13.1 Å². The summed E-state index contributed by atoms with van der Waals surface area (Å²) in [5, 5.41) is 2.86. The van der Waals surface area contributed by atoms with E-state index in [1.807, 2.05) is 55.5 Å². The lowest BCUT2D eigenvalue weighted by Gasteiger charge is -2.17. The molecule has 0 aromatic heterocycles. The van der Waals surface area contributed by atoms with Crippen LogP contribution in [0.2, 0.25) is 0 Å². The van der Waals surface area contributed by atoms with Crippen LogP contribution in [-0.2, 0) is 25.7 Å². The third kappa shape index (κ3) is 5.26. The average Bonchev–Trinajstić information content (AvgIpc) is 3.08. The van der Waals surface area contributed by atoms with Gasteiger partial charge in [0.2, 0.25) is 5.91 Å². The average molecular weight is 408 g/mol. The van der Waals surface area contributed by atoms with Gasteiger partial charge in [0.15, 0.2) is 6.61 Å². The third-order valence-corrected chi connectivity index (χ3v) is 5.30. The number of esters is 1. The summed E-state index contributed by atoms with van der Waals surface area (Å²) >= 11 is 0. The zero-order chi connectivity index (χ0) is 21.7. The molecule has 0 saturated carbocycles. The Kier molecular flexibility index (Phi) is 6.87. The number of hydrogen-bond acceptors (Lipinski definition) is 4. The number of aryl methyl sites for hydroxylation is 1. The lowest BCUT2D eigenvalue weighted by molar-refractivity contribution is -0.151. The molecule has 0 aliphatic carbocycles. The van der Waals surface area contributed by atoms with Gasteiger partial charge in [-0.05, 0) is 29.5 Å². The number of para-hydroxylation sites is 1. The van der Waals surface area contributed by atoms with Gasteiger partial charge in [-0.15, -0.1) is 0 Å². The molecule has 2 amide bonds. The molecule has 2 aromatic rings. The number of benzene rings is 2. The van der Waals surface area contributed by atoms with Gasteiger partial charge in [0, 0.05) is 25.2 Å². The van der Waals surface area contributed by atoms with Crippen LogP contribution in [0.5, 0.6) is 0 Å². The maximum atomic E-state index is 12.4. The Morgan fingerprint density at radius 3 is 2.57 bits per heavy atom. The van der Waals surface area contributed by atoms with E-state index < -0.39 is 11.9 Å². The van der Waals surface area contributed by atoms with E-state index >= 15 is 0 Å². The number of hydrogen-bond donors (Lipinski definition) is 1. The van der Waals surface area contributed by atoms with Crippen molar-refractivity contribution in [2.24, 2.45) is 5.92 Å². The Morgan fingerprint density at radius 1 is 1.13 bits per heavy atom. The van der Waals surface area contributed by atoms with Crippen LogP contribution in [0.3, 0.4) is 0 Å². The number of likely N-dealkylation sites (tertiary alicyclic amines) is 1. The molecule has 0 bridgehead atoms. The Bertz CT molecular complexity index is 924. The maximum absolute atomic E-state index is 12.4.